The summed E-state index contributed by atoms with van der Waals surface area (Å²) in [7, 11) is 8.27. The van der Waals surface area contributed by atoms with E-state index < -0.39 is 0 Å². The van der Waals surface area contributed by atoms with E-state index in [2.05, 4.69) is 167 Å². The SMILES string of the molecule is CCCCCCCCn1cc[n+](C)c1.CCCCCCCCn1cc[n+](C)c1.CCCCCCCCn1cc[n+](C)c1.CCCCCCCCn1cc[n+](C)c1.[Cl-].[Cl-].[Cl-].[Cl-]. The normalized spacial score (nSPS) is 10.0. The van der Waals surface area contributed by atoms with Gasteiger partial charge in [-0.15, -0.1) is 0 Å². The summed E-state index contributed by atoms with van der Waals surface area (Å²) in [5, 5.41) is 0. The second-order valence-corrected chi connectivity index (χ2v) is 16.3. The molecule has 0 aromatic carbocycles. The van der Waals surface area contributed by atoms with Crippen molar-refractivity contribution >= 4 is 0 Å². The van der Waals surface area contributed by atoms with Crippen molar-refractivity contribution in [2.75, 3.05) is 0 Å². The van der Waals surface area contributed by atoms with Crippen LogP contribution in [-0.4, -0.2) is 18.3 Å². The van der Waals surface area contributed by atoms with Crippen LogP contribution in [0.2, 0.25) is 0 Å². The maximum atomic E-state index is 2.26. The summed E-state index contributed by atoms with van der Waals surface area (Å²) in [6.45, 7) is 13.7. The maximum Gasteiger partial charge on any atom is 0.243 e. The highest BCUT2D eigenvalue weighted by Crippen LogP contribution is 2.08. The first-order valence-electron chi connectivity index (χ1n) is 23.3. The number of imidazole rings is 4. The average Bonchev–Trinajstić information content (AvgIpc) is 4.01. The molecule has 4 aromatic heterocycles. The van der Waals surface area contributed by atoms with E-state index >= 15 is 0 Å². The van der Waals surface area contributed by atoms with Gasteiger partial charge in [0.2, 0.25) is 25.3 Å². The highest BCUT2D eigenvalue weighted by atomic mass is 35.5. The topological polar surface area (TPSA) is 35.2 Å². The first-order valence-corrected chi connectivity index (χ1v) is 23.3. The van der Waals surface area contributed by atoms with E-state index in [1.807, 2.05) is 0 Å². The first kappa shape index (κ1) is 64.6. The van der Waals surface area contributed by atoms with Crippen LogP contribution in [0.25, 0.3) is 0 Å². The van der Waals surface area contributed by atoms with Gasteiger partial charge in [-0.3, -0.25) is 0 Å². The molecule has 0 saturated carbocycles. The number of aryl methyl sites for hydroxylation is 8. The Bertz CT molecular complexity index is 1190. The lowest BCUT2D eigenvalue weighted by molar-refractivity contribution is -0.671. The smallest absolute Gasteiger partial charge is 0.243 e. The highest BCUT2D eigenvalue weighted by Gasteiger charge is 2.02. The van der Waals surface area contributed by atoms with Gasteiger partial charge in [-0.2, -0.15) is 0 Å². The Morgan fingerprint density at radius 1 is 0.267 bits per heavy atom. The molecular weight excluding hydrogens is 830 g/mol. The van der Waals surface area contributed by atoms with Crippen molar-refractivity contribution in [3.8, 4) is 0 Å². The molecule has 0 atom stereocenters. The van der Waals surface area contributed by atoms with Crippen LogP contribution in [0.1, 0.15) is 182 Å². The Balaban J connectivity index is -0.000000341. The van der Waals surface area contributed by atoms with E-state index in [1.54, 1.807) is 0 Å². The largest absolute Gasteiger partial charge is 1.00 e. The number of unbranched alkanes of at least 4 members (excludes halogenated alkanes) is 20. The maximum absolute atomic E-state index is 2.26. The van der Waals surface area contributed by atoms with Crippen LogP contribution >= 0.6 is 0 Å². The second-order valence-electron chi connectivity index (χ2n) is 16.3. The third-order valence-electron chi connectivity index (χ3n) is 10.4. The number of aromatic nitrogens is 8. The van der Waals surface area contributed by atoms with Crippen LogP contribution in [0.4, 0.5) is 0 Å². The zero-order valence-electron chi connectivity index (χ0n) is 39.8. The summed E-state index contributed by atoms with van der Waals surface area (Å²) >= 11 is 0. The van der Waals surface area contributed by atoms with Gasteiger partial charge in [0, 0.05) is 0 Å². The molecule has 0 saturated heterocycles. The van der Waals surface area contributed by atoms with Gasteiger partial charge in [-0.25, -0.2) is 36.5 Å². The van der Waals surface area contributed by atoms with Crippen LogP contribution in [0.3, 0.4) is 0 Å². The molecule has 4 heterocycles. The van der Waals surface area contributed by atoms with Gasteiger partial charge in [0.05, 0.1) is 54.4 Å². The van der Waals surface area contributed by atoms with Gasteiger partial charge in [0.15, 0.2) is 0 Å². The monoisotopic (exact) mass is 921 g/mol. The Kier molecular flexibility index (Phi) is 50.1. The van der Waals surface area contributed by atoms with Crippen molar-refractivity contribution in [3.63, 3.8) is 0 Å². The quantitative estimate of drug-likeness (QED) is 0.0503. The van der Waals surface area contributed by atoms with Gasteiger partial charge >= 0.3 is 0 Å². The van der Waals surface area contributed by atoms with Gasteiger partial charge in [-0.05, 0) is 51.4 Å². The summed E-state index contributed by atoms with van der Waals surface area (Å²) in [6.07, 6.45) is 58.5. The summed E-state index contributed by atoms with van der Waals surface area (Å²) in [4.78, 5) is 0. The molecule has 0 N–H and O–H groups in total. The Hall–Kier alpha value is -2.00. The number of hydrogen-bond acceptors (Lipinski definition) is 0. The highest BCUT2D eigenvalue weighted by molar-refractivity contribution is 4.68. The predicted molar refractivity (Wildman–Crippen MR) is 236 cm³/mol. The molecule has 0 spiro atoms. The summed E-state index contributed by atoms with van der Waals surface area (Å²) in [5.74, 6) is 0. The van der Waals surface area contributed by atoms with Crippen molar-refractivity contribution in [1.82, 2.24) is 18.3 Å². The third kappa shape index (κ3) is 38.9. The molecule has 352 valence electrons. The molecule has 12 heteroatoms. The van der Waals surface area contributed by atoms with E-state index in [1.165, 1.54) is 180 Å². The van der Waals surface area contributed by atoms with E-state index in [-0.39, 0.29) is 49.6 Å². The zero-order chi connectivity index (χ0) is 40.9. The van der Waals surface area contributed by atoms with Crippen molar-refractivity contribution < 1.29 is 67.9 Å². The summed E-state index contributed by atoms with van der Waals surface area (Å²) < 4.78 is 17.4. The molecule has 0 aliphatic rings. The van der Waals surface area contributed by atoms with Gasteiger partial charge < -0.3 is 49.6 Å². The van der Waals surface area contributed by atoms with Crippen molar-refractivity contribution in [1.29, 1.82) is 0 Å². The van der Waals surface area contributed by atoms with E-state index in [0.29, 0.717) is 0 Å². The van der Waals surface area contributed by atoms with E-state index in [9.17, 15) is 0 Å². The third-order valence-corrected chi connectivity index (χ3v) is 10.4. The number of halogens is 4. The van der Waals surface area contributed by atoms with Gasteiger partial charge in [-0.1, -0.05) is 130 Å². The first-order chi connectivity index (χ1) is 27.3. The number of hydrogen-bond donors (Lipinski definition) is 0. The molecule has 0 aliphatic carbocycles. The molecule has 0 unspecified atom stereocenters. The molecule has 60 heavy (non-hydrogen) atoms. The minimum Gasteiger partial charge on any atom is -1.00 e. The lowest BCUT2D eigenvalue weighted by Crippen LogP contribution is -3.00. The fourth-order valence-corrected chi connectivity index (χ4v) is 6.83. The van der Waals surface area contributed by atoms with Crippen molar-refractivity contribution in [2.24, 2.45) is 28.2 Å². The van der Waals surface area contributed by atoms with Gasteiger partial charge in [0.25, 0.3) is 0 Å². The lowest BCUT2D eigenvalue weighted by Gasteiger charge is -1.98. The molecule has 0 radical (unpaired) electrons. The number of nitrogens with zero attached hydrogens (tertiary/aromatic N) is 8. The van der Waals surface area contributed by atoms with Crippen LogP contribution in [0, 0.1) is 0 Å². The summed E-state index contributed by atoms with van der Waals surface area (Å²) in [6, 6.07) is 0. The van der Waals surface area contributed by atoms with Crippen molar-refractivity contribution in [2.45, 2.75) is 208 Å². The van der Waals surface area contributed by atoms with E-state index in [0.717, 1.165) is 0 Å². The lowest BCUT2D eigenvalue weighted by atomic mass is 10.1. The second kappa shape index (κ2) is 46.5. The molecule has 0 fully saturated rings. The van der Waals surface area contributed by atoms with Gasteiger partial charge in [0.1, 0.15) is 49.6 Å². The molecule has 0 bridgehead atoms. The minimum atomic E-state index is 0. The van der Waals surface area contributed by atoms with Crippen LogP contribution in [0.5, 0.6) is 0 Å². The molecular formula is C48H92Cl4N8. The Labute approximate surface area is 395 Å². The molecule has 4 rings (SSSR count). The minimum absolute atomic E-state index is 0. The molecule has 0 aliphatic heterocycles. The zero-order valence-corrected chi connectivity index (χ0v) is 42.8. The van der Waals surface area contributed by atoms with Crippen LogP contribution < -0.4 is 67.9 Å². The Morgan fingerprint density at radius 3 is 0.583 bits per heavy atom. The molecule has 8 nitrogen and oxygen atoms in total. The number of rotatable bonds is 28. The Morgan fingerprint density at radius 2 is 0.433 bits per heavy atom. The van der Waals surface area contributed by atoms with Crippen LogP contribution in [-0.2, 0) is 54.4 Å². The average molecular weight is 923 g/mol. The predicted octanol–water partition coefficient (Wildman–Crippen LogP) is -1.29. The van der Waals surface area contributed by atoms with E-state index in [4.69, 9.17) is 0 Å². The molecule has 0 amide bonds. The fraction of sp³-hybridized carbons (Fsp3) is 0.750. The summed E-state index contributed by atoms with van der Waals surface area (Å²) in [5.41, 5.74) is 0. The fourth-order valence-electron chi connectivity index (χ4n) is 6.83. The molecule has 4 aromatic rings. The standard InChI is InChI=1S/4C12H23N2.4ClH/c4*1-3-4-5-6-7-8-9-14-11-10-13(2)12-14;;;;/h4*10-12H,3-9H2,1-2H3;4*1H/q4*+1;;;;/p-4. The van der Waals surface area contributed by atoms with Crippen molar-refractivity contribution in [3.05, 3.63) is 74.9 Å². The van der Waals surface area contributed by atoms with Crippen LogP contribution in [0.15, 0.2) is 74.9 Å².